The lowest BCUT2D eigenvalue weighted by molar-refractivity contribution is 0.889. The maximum Gasteiger partial charge on any atom is 0.107 e. The molecule has 2 N–H and O–H groups in total. The lowest BCUT2D eigenvalue weighted by atomic mass is 10.4. The molecule has 1 aromatic rings. The normalized spacial score (nSPS) is 30.6. The highest BCUT2D eigenvalue weighted by Crippen LogP contribution is 2.45. The van der Waals surface area contributed by atoms with Crippen LogP contribution in [0.25, 0.3) is 0 Å². The topological polar surface area (TPSA) is 38.9 Å². The smallest absolute Gasteiger partial charge is 0.107 e. The molecular weight excluding hydrogens is 256 g/mol. The Hall–Kier alpha value is 0.290. The van der Waals surface area contributed by atoms with Crippen LogP contribution in [0.4, 0.5) is 0 Å². The van der Waals surface area contributed by atoms with Crippen molar-refractivity contribution in [3.05, 3.63) is 15.6 Å². The van der Waals surface area contributed by atoms with E-state index in [2.05, 4.69) is 49.3 Å². The quantitative estimate of drug-likeness (QED) is 0.899. The fourth-order valence-electron chi connectivity index (χ4n) is 1.69. The van der Waals surface area contributed by atoms with Crippen molar-refractivity contribution in [2.45, 2.75) is 43.1 Å². The zero-order chi connectivity index (χ0) is 11.7. The minimum Gasteiger partial charge on any atom is -0.326 e. The molecule has 1 aliphatic heterocycles. The van der Waals surface area contributed by atoms with E-state index in [0.717, 1.165) is 10.9 Å². The SMILES string of the molecule is Cc1nc(C2CSC(C)C(C)S2)sc1CN. The molecule has 0 radical (unpaired) electrons. The van der Waals surface area contributed by atoms with Gasteiger partial charge in [-0.05, 0) is 6.92 Å². The van der Waals surface area contributed by atoms with Gasteiger partial charge < -0.3 is 5.73 Å². The lowest BCUT2D eigenvalue weighted by Crippen LogP contribution is -2.21. The largest absolute Gasteiger partial charge is 0.326 e. The Morgan fingerprint density at radius 2 is 2.12 bits per heavy atom. The molecule has 2 rings (SSSR count). The Bertz CT molecular complexity index is 364. The first-order valence-electron chi connectivity index (χ1n) is 5.55. The average molecular weight is 274 g/mol. The number of rotatable bonds is 2. The molecule has 1 fully saturated rings. The molecule has 1 saturated heterocycles. The van der Waals surface area contributed by atoms with Gasteiger partial charge in [-0.25, -0.2) is 4.98 Å². The van der Waals surface area contributed by atoms with E-state index in [1.807, 2.05) is 0 Å². The van der Waals surface area contributed by atoms with Crippen molar-refractivity contribution in [2.24, 2.45) is 5.73 Å². The Kier molecular flexibility index (Phi) is 4.21. The van der Waals surface area contributed by atoms with Crippen molar-refractivity contribution in [2.75, 3.05) is 5.75 Å². The molecule has 0 bridgehead atoms. The Balaban J connectivity index is 2.12. The maximum atomic E-state index is 5.70. The van der Waals surface area contributed by atoms with Gasteiger partial charge in [0, 0.05) is 27.7 Å². The molecule has 3 atom stereocenters. The van der Waals surface area contributed by atoms with E-state index in [9.17, 15) is 0 Å². The van der Waals surface area contributed by atoms with Gasteiger partial charge in [0.25, 0.3) is 0 Å². The minimum atomic E-state index is 0.570. The predicted octanol–water partition coefficient (Wildman–Crippen LogP) is 3.21. The molecule has 0 aromatic carbocycles. The minimum absolute atomic E-state index is 0.570. The van der Waals surface area contributed by atoms with Crippen LogP contribution in [0.2, 0.25) is 0 Å². The maximum absolute atomic E-state index is 5.70. The summed E-state index contributed by atoms with van der Waals surface area (Å²) in [6, 6.07) is 0. The van der Waals surface area contributed by atoms with Gasteiger partial charge in [0.05, 0.1) is 10.9 Å². The van der Waals surface area contributed by atoms with Gasteiger partial charge in [-0.15, -0.1) is 23.1 Å². The molecule has 90 valence electrons. The van der Waals surface area contributed by atoms with Crippen LogP contribution in [0.5, 0.6) is 0 Å². The van der Waals surface area contributed by atoms with Crippen LogP contribution in [-0.2, 0) is 6.54 Å². The van der Waals surface area contributed by atoms with E-state index in [1.54, 1.807) is 11.3 Å². The molecule has 1 aliphatic rings. The lowest BCUT2D eigenvalue weighted by Gasteiger charge is -2.30. The van der Waals surface area contributed by atoms with Crippen molar-refractivity contribution in [1.82, 2.24) is 4.98 Å². The highest BCUT2D eigenvalue weighted by Gasteiger charge is 2.28. The van der Waals surface area contributed by atoms with E-state index in [-0.39, 0.29) is 0 Å². The highest BCUT2D eigenvalue weighted by molar-refractivity contribution is 8.07. The van der Waals surface area contributed by atoms with E-state index in [0.29, 0.717) is 17.0 Å². The molecule has 5 heteroatoms. The second-order valence-corrected chi connectivity index (χ2v) is 8.24. The van der Waals surface area contributed by atoms with Gasteiger partial charge in [-0.2, -0.15) is 11.8 Å². The summed E-state index contributed by atoms with van der Waals surface area (Å²) < 4.78 is 0. The summed E-state index contributed by atoms with van der Waals surface area (Å²) in [7, 11) is 0. The predicted molar refractivity (Wildman–Crippen MR) is 76.5 cm³/mol. The van der Waals surface area contributed by atoms with Gasteiger partial charge in [0.1, 0.15) is 5.01 Å². The van der Waals surface area contributed by atoms with Crippen LogP contribution >= 0.6 is 34.9 Å². The van der Waals surface area contributed by atoms with Crippen molar-refractivity contribution >= 4 is 34.9 Å². The molecule has 16 heavy (non-hydrogen) atoms. The average Bonchev–Trinajstić information content (AvgIpc) is 2.64. The van der Waals surface area contributed by atoms with Crippen molar-refractivity contribution in [3.8, 4) is 0 Å². The number of aryl methyl sites for hydroxylation is 1. The number of nitrogens with two attached hydrogens (primary N) is 1. The first kappa shape index (κ1) is 12.7. The summed E-state index contributed by atoms with van der Waals surface area (Å²) in [5, 5.41) is 3.32. The fraction of sp³-hybridized carbons (Fsp3) is 0.727. The van der Waals surface area contributed by atoms with Gasteiger partial charge >= 0.3 is 0 Å². The third-order valence-corrected chi connectivity index (χ3v) is 7.76. The number of thiazole rings is 1. The zero-order valence-corrected chi connectivity index (χ0v) is 12.3. The molecule has 2 nitrogen and oxygen atoms in total. The van der Waals surface area contributed by atoms with E-state index in [1.165, 1.54) is 15.6 Å². The first-order valence-corrected chi connectivity index (χ1v) is 8.36. The van der Waals surface area contributed by atoms with Crippen LogP contribution < -0.4 is 5.73 Å². The van der Waals surface area contributed by atoms with Crippen LogP contribution in [-0.4, -0.2) is 21.2 Å². The molecule has 0 spiro atoms. The molecule has 3 unspecified atom stereocenters. The summed E-state index contributed by atoms with van der Waals surface area (Å²) >= 11 is 5.93. The number of thioether (sulfide) groups is 2. The van der Waals surface area contributed by atoms with E-state index < -0.39 is 0 Å². The van der Waals surface area contributed by atoms with Crippen LogP contribution in [0, 0.1) is 6.92 Å². The Labute approximate surface area is 110 Å². The standard InChI is InChI=1S/C11H18N2S3/c1-6-9(4-12)16-11(13-6)10-5-14-7(2)8(3)15-10/h7-8,10H,4-5,12H2,1-3H3. The molecular formula is C11H18N2S3. The number of aromatic nitrogens is 1. The molecule has 1 aromatic heterocycles. The third-order valence-electron chi connectivity index (χ3n) is 2.92. The molecule has 0 saturated carbocycles. The zero-order valence-electron chi connectivity index (χ0n) is 9.90. The summed E-state index contributed by atoms with van der Waals surface area (Å²) in [4.78, 5) is 5.91. The van der Waals surface area contributed by atoms with Crippen molar-refractivity contribution in [3.63, 3.8) is 0 Å². The Morgan fingerprint density at radius 3 is 2.69 bits per heavy atom. The second-order valence-electron chi connectivity index (χ2n) is 4.13. The second kappa shape index (κ2) is 5.29. The highest BCUT2D eigenvalue weighted by atomic mass is 32.2. The molecule has 2 heterocycles. The molecule has 0 aliphatic carbocycles. The third kappa shape index (κ3) is 2.58. The van der Waals surface area contributed by atoms with Crippen LogP contribution in [0.3, 0.4) is 0 Å². The van der Waals surface area contributed by atoms with Gasteiger partial charge in [0.2, 0.25) is 0 Å². The Morgan fingerprint density at radius 1 is 1.38 bits per heavy atom. The molecule has 0 amide bonds. The van der Waals surface area contributed by atoms with Crippen LogP contribution in [0.1, 0.15) is 34.7 Å². The summed E-state index contributed by atoms with van der Waals surface area (Å²) in [5.41, 5.74) is 6.83. The first-order chi connectivity index (χ1) is 7.61. The van der Waals surface area contributed by atoms with Crippen molar-refractivity contribution in [1.29, 1.82) is 0 Å². The summed E-state index contributed by atoms with van der Waals surface area (Å²) in [5.74, 6) is 1.19. The van der Waals surface area contributed by atoms with Crippen molar-refractivity contribution < 1.29 is 0 Å². The van der Waals surface area contributed by atoms with Gasteiger partial charge in [-0.1, -0.05) is 13.8 Å². The number of hydrogen-bond donors (Lipinski definition) is 1. The summed E-state index contributed by atoms with van der Waals surface area (Å²) in [6.07, 6.45) is 0. The fourth-order valence-corrected chi connectivity index (χ4v) is 5.83. The van der Waals surface area contributed by atoms with Gasteiger partial charge in [0.15, 0.2) is 0 Å². The van der Waals surface area contributed by atoms with Gasteiger partial charge in [-0.3, -0.25) is 0 Å². The number of nitrogens with zero attached hydrogens (tertiary/aromatic N) is 1. The van der Waals surface area contributed by atoms with E-state index in [4.69, 9.17) is 5.73 Å². The monoisotopic (exact) mass is 274 g/mol. The number of hydrogen-bond acceptors (Lipinski definition) is 5. The van der Waals surface area contributed by atoms with Crippen LogP contribution in [0.15, 0.2) is 0 Å². The summed E-state index contributed by atoms with van der Waals surface area (Å²) in [6.45, 7) is 7.32. The van der Waals surface area contributed by atoms with E-state index >= 15 is 0 Å².